The Morgan fingerprint density at radius 3 is 2.58 bits per heavy atom. The number of nitrogens with zero attached hydrogens (tertiary/aromatic N) is 3. The van der Waals surface area contributed by atoms with E-state index in [1.54, 1.807) is 4.90 Å². The Morgan fingerprint density at radius 2 is 2.00 bits per heavy atom. The first-order valence-electron chi connectivity index (χ1n) is 9.29. The number of carbonyl (C=O) groups excluding carboxylic acids is 1. The van der Waals surface area contributed by atoms with Gasteiger partial charge in [0.25, 0.3) is 0 Å². The quantitative estimate of drug-likeness (QED) is 0.806. The van der Waals surface area contributed by atoms with Gasteiger partial charge in [-0.3, -0.25) is 4.98 Å². The Balaban J connectivity index is 2.06. The van der Waals surface area contributed by atoms with Crippen LogP contribution in [0.3, 0.4) is 0 Å². The van der Waals surface area contributed by atoms with Gasteiger partial charge in [-0.15, -0.1) is 0 Å². The second kappa shape index (κ2) is 8.06. The van der Waals surface area contributed by atoms with Crippen molar-refractivity contribution in [3.8, 4) is 0 Å². The number of hydrogen-bond acceptors (Lipinski definition) is 3. The van der Waals surface area contributed by atoms with Gasteiger partial charge in [0.15, 0.2) is 0 Å². The van der Waals surface area contributed by atoms with Gasteiger partial charge in [-0.25, -0.2) is 9.59 Å². The lowest BCUT2D eigenvalue weighted by Crippen LogP contribution is -2.47. The summed E-state index contributed by atoms with van der Waals surface area (Å²) >= 11 is 0. The Morgan fingerprint density at radius 1 is 1.31 bits per heavy atom. The molecule has 0 bridgehead atoms. The highest BCUT2D eigenvalue weighted by atomic mass is 16.4. The zero-order chi connectivity index (χ0) is 19.5. The summed E-state index contributed by atoms with van der Waals surface area (Å²) in [5, 5.41) is 9.74. The third-order valence-corrected chi connectivity index (χ3v) is 4.90. The molecule has 0 radical (unpaired) electrons. The number of aryl methyl sites for hydroxylation is 1. The fourth-order valence-electron chi connectivity index (χ4n) is 3.39. The van der Waals surface area contributed by atoms with E-state index in [1.165, 1.54) is 4.90 Å². The van der Waals surface area contributed by atoms with Crippen LogP contribution < -0.4 is 0 Å². The van der Waals surface area contributed by atoms with Crippen LogP contribution in [-0.4, -0.2) is 51.0 Å². The van der Waals surface area contributed by atoms with Gasteiger partial charge in [-0.05, 0) is 43.2 Å². The molecular formula is C20H31N3O3. The van der Waals surface area contributed by atoms with Gasteiger partial charge in [-0.2, -0.15) is 0 Å². The van der Waals surface area contributed by atoms with E-state index in [0.717, 1.165) is 24.2 Å². The number of carbonyl (C=O) groups is 2. The highest BCUT2D eigenvalue weighted by Crippen LogP contribution is 2.28. The number of carboxylic acid groups (broad SMARTS) is 1. The van der Waals surface area contributed by atoms with Crippen LogP contribution >= 0.6 is 0 Å². The average Bonchev–Trinajstić information content (AvgIpc) is 2.86. The van der Waals surface area contributed by atoms with E-state index in [9.17, 15) is 14.7 Å². The van der Waals surface area contributed by atoms with Crippen LogP contribution in [0.2, 0.25) is 0 Å². The van der Waals surface area contributed by atoms with Gasteiger partial charge in [0.1, 0.15) is 6.04 Å². The van der Waals surface area contributed by atoms with Gasteiger partial charge in [0.2, 0.25) is 0 Å². The van der Waals surface area contributed by atoms with Crippen LogP contribution in [0.15, 0.2) is 18.2 Å². The largest absolute Gasteiger partial charge is 0.480 e. The number of aromatic nitrogens is 1. The summed E-state index contributed by atoms with van der Waals surface area (Å²) in [6.07, 6.45) is 1.71. The summed E-state index contributed by atoms with van der Waals surface area (Å²) < 4.78 is 0. The maximum absolute atomic E-state index is 12.8. The zero-order valence-electron chi connectivity index (χ0n) is 16.5. The molecule has 2 heterocycles. The van der Waals surface area contributed by atoms with Crippen molar-refractivity contribution in [3.63, 3.8) is 0 Å². The maximum atomic E-state index is 12.8. The lowest BCUT2D eigenvalue weighted by molar-refractivity contribution is -0.143. The zero-order valence-corrected chi connectivity index (χ0v) is 16.5. The number of urea groups is 1. The molecule has 1 aliphatic rings. The SMILES string of the molecule is Cc1cccc(CN2CCN([C@H](C(=O)O)[C@@H](C)CCC(C)(C)C)C2=O)n1. The van der Waals surface area contributed by atoms with Crippen molar-refractivity contribution in [3.05, 3.63) is 29.6 Å². The molecule has 1 aliphatic heterocycles. The molecule has 2 rings (SSSR count). The van der Waals surface area contributed by atoms with E-state index in [1.807, 2.05) is 32.0 Å². The van der Waals surface area contributed by atoms with Crippen molar-refractivity contribution in [2.24, 2.45) is 11.3 Å². The average molecular weight is 361 g/mol. The summed E-state index contributed by atoms with van der Waals surface area (Å²) in [4.78, 5) is 32.3. The van der Waals surface area contributed by atoms with Gasteiger partial charge in [-0.1, -0.05) is 33.8 Å². The molecule has 0 spiro atoms. The first-order valence-corrected chi connectivity index (χ1v) is 9.29. The molecule has 144 valence electrons. The highest BCUT2D eigenvalue weighted by Gasteiger charge is 2.40. The molecular weight excluding hydrogens is 330 g/mol. The van der Waals surface area contributed by atoms with Crippen LogP contribution in [0.25, 0.3) is 0 Å². The molecule has 1 aromatic heterocycles. The molecule has 26 heavy (non-hydrogen) atoms. The molecule has 6 nitrogen and oxygen atoms in total. The molecule has 2 amide bonds. The molecule has 6 heteroatoms. The molecule has 0 unspecified atom stereocenters. The first-order chi connectivity index (χ1) is 12.1. The summed E-state index contributed by atoms with van der Waals surface area (Å²) in [5.41, 5.74) is 1.88. The highest BCUT2D eigenvalue weighted by molar-refractivity contribution is 5.84. The number of rotatable bonds is 7. The van der Waals surface area contributed by atoms with Crippen molar-refractivity contribution in [1.82, 2.24) is 14.8 Å². The third kappa shape index (κ3) is 5.19. The fraction of sp³-hybridized carbons (Fsp3) is 0.650. The number of aliphatic carboxylic acids is 1. The van der Waals surface area contributed by atoms with Crippen molar-refractivity contribution < 1.29 is 14.7 Å². The molecule has 1 saturated heterocycles. The van der Waals surface area contributed by atoms with Crippen LogP contribution in [0.1, 0.15) is 51.9 Å². The minimum absolute atomic E-state index is 0.0901. The standard InChI is InChI=1S/C20H31N3O3/c1-14(9-10-20(3,4)5)17(18(24)25)23-12-11-22(19(23)26)13-16-8-6-7-15(2)21-16/h6-8,14,17H,9-13H2,1-5H3,(H,24,25)/t14-,17-/m0/s1. The Kier molecular flexibility index (Phi) is 6.26. The van der Waals surface area contributed by atoms with E-state index >= 15 is 0 Å². The van der Waals surface area contributed by atoms with Gasteiger partial charge >= 0.3 is 12.0 Å². The van der Waals surface area contributed by atoms with Crippen LogP contribution in [-0.2, 0) is 11.3 Å². The van der Waals surface area contributed by atoms with Gasteiger partial charge in [0.05, 0.1) is 12.2 Å². The van der Waals surface area contributed by atoms with E-state index in [4.69, 9.17) is 0 Å². The molecule has 1 aromatic rings. The van der Waals surface area contributed by atoms with Crippen molar-refractivity contribution in [2.45, 2.75) is 60.0 Å². The van der Waals surface area contributed by atoms with Gasteiger partial charge < -0.3 is 14.9 Å². The monoisotopic (exact) mass is 361 g/mol. The van der Waals surface area contributed by atoms with Crippen LogP contribution in [0.4, 0.5) is 4.79 Å². The number of carboxylic acids is 1. The molecule has 0 aromatic carbocycles. The summed E-state index contributed by atoms with van der Waals surface area (Å²) in [6.45, 7) is 11.7. The number of hydrogen-bond donors (Lipinski definition) is 1. The van der Waals surface area contributed by atoms with E-state index in [0.29, 0.717) is 19.6 Å². The predicted molar refractivity (Wildman–Crippen MR) is 101 cm³/mol. The Bertz CT molecular complexity index is 654. The lowest BCUT2D eigenvalue weighted by atomic mass is 9.84. The topological polar surface area (TPSA) is 73.7 Å². The van der Waals surface area contributed by atoms with E-state index in [2.05, 4.69) is 25.8 Å². The maximum Gasteiger partial charge on any atom is 0.326 e. The molecule has 0 saturated carbocycles. The second-order valence-electron chi connectivity index (χ2n) is 8.53. The molecule has 2 atom stereocenters. The summed E-state index contributed by atoms with van der Waals surface area (Å²) in [6, 6.07) is 4.75. The van der Waals surface area contributed by atoms with Crippen molar-refractivity contribution in [1.29, 1.82) is 0 Å². The number of pyridine rings is 1. The smallest absolute Gasteiger partial charge is 0.326 e. The lowest BCUT2D eigenvalue weighted by Gasteiger charge is -2.31. The second-order valence-corrected chi connectivity index (χ2v) is 8.53. The van der Waals surface area contributed by atoms with Gasteiger partial charge in [0, 0.05) is 18.8 Å². The molecule has 0 aliphatic carbocycles. The predicted octanol–water partition coefficient (Wildman–Crippen LogP) is 3.54. The van der Waals surface area contributed by atoms with Crippen molar-refractivity contribution >= 4 is 12.0 Å². The third-order valence-electron chi connectivity index (χ3n) is 4.90. The first kappa shape index (κ1) is 20.2. The molecule has 1 N–H and O–H groups in total. The minimum atomic E-state index is -0.921. The fourth-order valence-corrected chi connectivity index (χ4v) is 3.39. The van der Waals surface area contributed by atoms with Crippen molar-refractivity contribution in [2.75, 3.05) is 13.1 Å². The Hall–Kier alpha value is -2.11. The summed E-state index contributed by atoms with van der Waals surface area (Å²) in [7, 11) is 0. The normalized spacial score (nSPS) is 17.5. The molecule has 1 fully saturated rings. The minimum Gasteiger partial charge on any atom is -0.480 e. The Labute approximate surface area is 156 Å². The van der Waals surface area contributed by atoms with E-state index in [-0.39, 0.29) is 17.4 Å². The number of amides is 2. The van der Waals surface area contributed by atoms with Crippen LogP contribution in [0, 0.1) is 18.3 Å². The van der Waals surface area contributed by atoms with Crippen LogP contribution in [0.5, 0.6) is 0 Å². The summed E-state index contributed by atoms with van der Waals surface area (Å²) in [5.74, 6) is -1.01. The van der Waals surface area contributed by atoms with E-state index < -0.39 is 12.0 Å².